The summed E-state index contributed by atoms with van der Waals surface area (Å²) in [6.07, 6.45) is 2.65. The number of oxazole rings is 1. The number of amides is 2. The fourth-order valence-corrected chi connectivity index (χ4v) is 3.77. The van der Waals surface area contributed by atoms with Crippen LogP contribution in [0.5, 0.6) is 5.75 Å². The molecule has 1 aliphatic rings. The van der Waals surface area contributed by atoms with Crippen LogP contribution in [0.1, 0.15) is 25.5 Å². The van der Waals surface area contributed by atoms with Crippen LogP contribution in [0.4, 0.5) is 17.3 Å². The minimum Gasteiger partial charge on any atom is -0.495 e. The molecular weight excluding hydrogens is 426 g/mol. The molecule has 1 fully saturated rings. The molecule has 4 rings (SSSR count). The Morgan fingerprint density at radius 3 is 2.67 bits per heavy atom. The second-order valence-electron chi connectivity index (χ2n) is 7.61. The Morgan fingerprint density at radius 1 is 1.24 bits per heavy atom. The number of hydrogen-bond donors (Lipinski definition) is 2. The van der Waals surface area contributed by atoms with Crippen molar-refractivity contribution in [3.05, 3.63) is 42.3 Å². The Balaban J connectivity index is 1.42. The van der Waals surface area contributed by atoms with Gasteiger partial charge in [0, 0.05) is 31.6 Å². The van der Waals surface area contributed by atoms with Gasteiger partial charge in [-0.15, -0.1) is 0 Å². The van der Waals surface area contributed by atoms with Crippen LogP contribution in [0.2, 0.25) is 0 Å². The molecule has 1 aromatic carbocycles. The fourth-order valence-electron chi connectivity index (χ4n) is 3.77. The van der Waals surface area contributed by atoms with Crippen LogP contribution in [-0.4, -0.2) is 37.0 Å². The first-order valence-electron chi connectivity index (χ1n) is 10.4. The minimum atomic E-state index is -0.228. The molecule has 2 amide bonds. The topological polar surface area (TPSA) is 134 Å². The van der Waals surface area contributed by atoms with Crippen LogP contribution >= 0.6 is 0 Å². The number of nitriles is 1. The van der Waals surface area contributed by atoms with Gasteiger partial charge in [0.15, 0.2) is 5.76 Å². The Hall–Kier alpha value is -4.26. The molecule has 170 valence electrons. The number of carbonyl (C=O) groups excluding carboxylic acids is 2. The summed E-state index contributed by atoms with van der Waals surface area (Å²) >= 11 is 0. The lowest BCUT2D eigenvalue weighted by molar-refractivity contribution is -0.120. The minimum absolute atomic E-state index is 0.137. The molecule has 0 aliphatic carbocycles. The number of anilines is 3. The van der Waals surface area contributed by atoms with E-state index in [9.17, 15) is 14.9 Å². The van der Waals surface area contributed by atoms with Crippen molar-refractivity contribution < 1.29 is 23.2 Å². The number of nitrogens with zero attached hydrogens (tertiary/aromatic N) is 3. The lowest BCUT2D eigenvalue weighted by Gasteiger charge is -2.31. The molecule has 0 spiro atoms. The highest BCUT2D eigenvalue weighted by Gasteiger charge is 2.29. The molecule has 0 atom stereocenters. The number of ether oxygens (including phenoxy) is 1. The van der Waals surface area contributed by atoms with Gasteiger partial charge in [0.05, 0.1) is 19.1 Å². The highest BCUT2D eigenvalue weighted by molar-refractivity contribution is 5.96. The number of furan rings is 1. The number of nitrogens with one attached hydrogen (secondary N) is 2. The Labute approximate surface area is 190 Å². The van der Waals surface area contributed by atoms with Crippen molar-refractivity contribution in [3.8, 4) is 23.5 Å². The quantitative estimate of drug-likeness (QED) is 0.583. The third kappa shape index (κ3) is 4.82. The zero-order valence-corrected chi connectivity index (χ0v) is 18.3. The van der Waals surface area contributed by atoms with E-state index in [1.165, 1.54) is 20.3 Å². The summed E-state index contributed by atoms with van der Waals surface area (Å²) in [6.45, 7) is 2.48. The highest BCUT2D eigenvalue weighted by atomic mass is 16.5. The predicted octanol–water partition coefficient (Wildman–Crippen LogP) is 3.63. The number of piperidine rings is 1. The lowest BCUT2D eigenvalue weighted by Crippen LogP contribution is -2.38. The van der Waals surface area contributed by atoms with Gasteiger partial charge < -0.3 is 29.1 Å². The van der Waals surface area contributed by atoms with E-state index in [-0.39, 0.29) is 29.3 Å². The van der Waals surface area contributed by atoms with Crippen molar-refractivity contribution >= 4 is 29.1 Å². The maximum Gasteiger partial charge on any atom is 0.266 e. The van der Waals surface area contributed by atoms with Gasteiger partial charge in [0.25, 0.3) is 5.89 Å². The molecule has 2 N–H and O–H groups in total. The van der Waals surface area contributed by atoms with Crippen molar-refractivity contribution in [2.75, 3.05) is 35.7 Å². The molecular formula is C23H23N5O5. The number of aromatic nitrogens is 1. The van der Waals surface area contributed by atoms with E-state index < -0.39 is 0 Å². The monoisotopic (exact) mass is 449 g/mol. The van der Waals surface area contributed by atoms with Crippen LogP contribution in [-0.2, 0) is 9.59 Å². The molecule has 0 bridgehead atoms. The van der Waals surface area contributed by atoms with Crippen LogP contribution in [0, 0.1) is 17.2 Å². The van der Waals surface area contributed by atoms with E-state index in [0.29, 0.717) is 54.7 Å². The number of hydrogen-bond acceptors (Lipinski definition) is 8. The number of benzene rings is 1. The number of rotatable bonds is 6. The largest absolute Gasteiger partial charge is 0.495 e. The molecule has 10 heteroatoms. The highest BCUT2D eigenvalue weighted by Crippen LogP contribution is 2.33. The summed E-state index contributed by atoms with van der Waals surface area (Å²) < 4.78 is 16.4. The summed E-state index contributed by atoms with van der Waals surface area (Å²) in [5.74, 6) is 1.01. The van der Waals surface area contributed by atoms with Gasteiger partial charge in [0.1, 0.15) is 11.8 Å². The molecule has 0 unspecified atom stereocenters. The zero-order valence-electron chi connectivity index (χ0n) is 18.3. The molecule has 0 radical (unpaired) electrons. The molecule has 0 saturated carbocycles. The van der Waals surface area contributed by atoms with Gasteiger partial charge in [-0.1, -0.05) is 0 Å². The summed E-state index contributed by atoms with van der Waals surface area (Å²) in [7, 11) is 1.52. The van der Waals surface area contributed by atoms with Crippen molar-refractivity contribution in [1.29, 1.82) is 5.26 Å². The second-order valence-corrected chi connectivity index (χ2v) is 7.61. The van der Waals surface area contributed by atoms with Crippen LogP contribution in [0.25, 0.3) is 11.7 Å². The number of carbonyl (C=O) groups is 2. The molecule has 1 aliphatic heterocycles. The van der Waals surface area contributed by atoms with Crippen LogP contribution < -0.4 is 20.3 Å². The van der Waals surface area contributed by atoms with Gasteiger partial charge in [-0.25, -0.2) is 0 Å². The third-order valence-electron chi connectivity index (χ3n) is 5.38. The fraction of sp³-hybridized carbons (Fsp3) is 0.304. The van der Waals surface area contributed by atoms with E-state index in [1.54, 1.807) is 30.3 Å². The molecule has 3 heterocycles. The molecule has 2 aromatic heterocycles. The number of methoxy groups -OCH3 is 1. The second kappa shape index (κ2) is 9.48. The summed E-state index contributed by atoms with van der Waals surface area (Å²) in [5.41, 5.74) is 1.24. The summed E-state index contributed by atoms with van der Waals surface area (Å²) in [6, 6.07) is 10.5. The SMILES string of the molecule is COc1ccc(NC(C)=O)cc1NC(=O)C1CCN(c2oc(-c3ccco3)nc2C#N)CC1. The maximum absolute atomic E-state index is 12.9. The average Bonchev–Trinajstić information content (AvgIpc) is 3.49. The van der Waals surface area contributed by atoms with E-state index >= 15 is 0 Å². The van der Waals surface area contributed by atoms with Gasteiger partial charge in [0.2, 0.25) is 23.4 Å². The molecule has 1 saturated heterocycles. The van der Waals surface area contributed by atoms with Gasteiger partial charge in [-0.2, -0.15) is 10.2 Å². The molecule has 10 nitrogen and oxygen atoms in total. The van der Waals surface area contributed by atoms with Gasteiger partial charge >= 0.3 is 0 Å². The zero-order chi connectivity index (χ0) is 23.4. The molecule has 3 aromatic rings. The Morgan fingerprint density at radius 2 is 2.03 bits per heavy atom. The standard InChI is InChI=1S/C23H23N5O5/c1-14(29)25-16-5-6-19(31-2)17(12-16)26-21(30)15-7-9-28(10-8-15)23-18(13-24)27-22(33-23)20-4-3-11-32-20/h3-6,11-12,15H,7-10H2,1-2H3,(H,25,29)(H,26,30). The van der Waals surface area contributed by atoms with E-state index in [0.717, 1.165) is 0 Å². The Bertz CT molecular complexity index is 1190. The van der Waals surface area contributed by atoms with Crippen molar-refractivity contribution in [1.82, 2.24) is 4.98 Å². The van der Waals surface area contributed by atoms with Crippen molar-refractivity contribution in [3.63, 3.8) is 0 Å². The lowest BCUT2D eigenvalue weighted by atomic mass is 9.95. The predicted molar refractivity (Wildman–Crippen MR) is 120 cm³/mol. The first kappa shape index (κ1) is 22.0. The Kier molecular flexibility index (Phi) is 6.31. The normalized spacial score (nSPS) is 13.9. The van der Waals surface area contributed by atoms with E-state index in [1.807, 2.05) is 4.90 Å². The first-order valence-corrected chi connectivity index (χ1v) is 10.4. The maximum atomic E-state index is 12.9. The smallest absolute Gasteiger partial charge is 0.266 e. The van der Waals surface area contributed by atoms with E-state index in [4.69, 9.17) is 13.6 Å². The first-order chi connectivity index (χ1) is 16.0. The molecule has 33 heavy (non-hydrogen) atoms. The van der Waals surface area contributed by atoms with Crippen molar-refractivity contribution in [2.24, 2.45) is 5.92 Å². The van der Waals surface area contributed by atoms with Crippen LogP contribution in [0.15, 0.2) is 45.4 Å². The van der Waals surface area contributed by atoms with Gasteiger partial charge in [-0.05, 0) is 43.2 Å². The van der Waals surface area contributed by atoms with Gasteiger partial charge in [-0.3, -0.25) is 9.59 Å². The van der Waals surface area contributed by atoms with Crippen LogP contribution in [0.3, 0.4) is 0 Å². The summed E-state index contributed by atoms with van der Waals surface area (Å²) in [5, 5.41) is 15.1. The van der Waals surface area contributed by atoms with Crippen molar-refractivity contribution in [2.45, 2.75) is 19.8 Å². The summed E-state index contributed by atoms with van der Waals surface area (Å²) in [4.78, 5) is 30.4. The van der Waals surface area contributed by atoms with E-state index in [2.05, 4.69) is 21.7 Å². The average molecular weight is 449 g/mol. The third-order valence-corrected chi connectivity index (χ3v) is 5.38.